The molecule has 5 heteroatoms. The van der Waals surface area contributed by atoms with Crippen LogP contribution in [0.1, 0.15) is 42.4 Å². The van der Waals surface area contributed by atoms with Crippen LogP contribution in [-0.4, -0.2) is 45.4 Å². The summed E-state index contributed by atoms with van der Waals surface area (Å²) >= 11 is 0. The lowest BCUT2D eigenvalue weighted by Crippen LogP contribution is -2.44. The van der Waals surface area contributed by atoms with Gasteiger partial charge in [0.2, 0.25) is 0 Å². The molecule has 0 radical (unpaired) electrons. The topological polar surface area (TPSA) is 58.4 Å². The van der Waals surface area contributed by atoms with Gasteiger partial charge in [-0.3, -0.25) is 4.79 Å². The van der Waals surface area contributed by atoms with Crippen molar-refractivity contribution in [3.63, 3.8) is 0 Å². The third-order valence-corrected chi connectivity index (χ3v) is 5.30. The molecule has 1 saturated heterocycles. The van der Waals surface area contributed by atoms with Crippen LogP contribution in [0.15, 0.2) is 36.4 Å². The number of para-hydroxylation sites is 1. The average Bonchev–Trinajstić information content (AvgIpc) is 3.03. The SMILES string of the molecule is CCC1(CO)CCN(C(=O)c2cc(C)n(-c3ccccc3)n2)CC1. The summed E-state index contributed by atoms with van der Waals surface area (Å²) < 4.78 is 1.81. The molecule has 128 valence electrons. The van der Waals surface area contributed by atoms with E-state index in [0.29, 0.717) is 18.8 Å². The van der Waals surface area contributed by atoms with E-state index in [1.807, 2.05) is 48.2 Å². The van der Waals surface area contributed by atoms with Crippen LogP contribution in [-0.2, 0) is 0 Å². The molecule has 1 fully saturated rings. The highest BCUT2D eigenvalue weighted by Gasteiger charge is 2.34. The van der Waals surface area contributed by atoms with E-state index in [9.17, 15) is 9.90 Å². The van der Waals surface area contributed by atoms with Gasteiger partial charge in [-0.25, -0.2) is 4.68 Å². The minimum Gasteiger partial charge on any atom is -0.396 e. The molecule has 0 saturated carbocycles. The van der Waals surface area contributed by atoms with Crippen LogP contribution in [0.25, 0.3) is 5.69 Å². The highest BCUT2D eigenvalue weighted by Crippen LogP contribution is 2.34. The minimum atomic E-state index is -0.0181. The number of hydrogen-bond acceptors (Lipinski definition) is 3. The second-order valence-corrected chi connectivity index (χ2v) is 6.72. The third kappa shape index (κ3) is 3.08. The smallest absolute Gasteiger partial charge is 0.274 e. The number of aryl methyl sites for hydroxylation is 1. The predicted octanol–water partition coefficient (Wildman–Crippen LogP) is 2.81. The van der Waals surface area contributed by atoms with Crippen LogP contribution < -0.4 is 0 Å². The molecule has 0 bridgehead atoms. The summed E-state index contributed by atoms with van der Waals surface area (Å²) in [5, 5.41) is 14.1. The van der Waals surface area contributed by atoms with E-state index in [4.69, 9.17) is 0 Å². The Morgan fingerprint density at radius 2 is 1.92 bits per heavy atom. The Hall–Kier alpha value is -2.14. The molecule has 1 aliphatic heterocycles. The molecule has 1 aromatic heterocycles. The van der Waals surface area contributed by atoms with Crippen LogP contribution in [0.2, 0.25) is 0 Å². The van der Waals surface area contributed by atoms with Crippen LogP contribution in [0.4, 0.5) is 0 Å². The number of aliphatic hydroxyl groups is 1. The molecule has 1 aromatic carbocycles. The van der Waals surface area contributed by atoms with E-state index in [0.717, 1.165) is 30.6 Å². The van der Waals surface area contributed by atoms with E-state index in [2.05, 4.69) is 12.0 Å². The van der Waals surface area contributed by atoms with E-state index >= 15 is 0 Å². The van der Waals surface area contributed by atoms with Gasteiger partial charge in [0, 0.05) is 25.4 Å². The Bertz CT molecular complexity index is 695. The number of carbonyl (C=O) groups is 1. The molecular weight excluding hydrogens is 302 g/mol. The lowest BCUT2D eigenvalue weighted by Gasteiger charge is -2.40. The molecule has 24 heavy (non-hydrogen) atoms. The van der Waals surface area contributed by atoms with Crippen molar-refractivity contribution in [3.05, 3.63) is 47.8 Å². The van der Waals surface area contributed by atoms with Crippen molar-refractivity contribution >= 4 is 5.91 Å². The Kier molecular flexibility index (Phi) is 4.71. The second-order valence-electron chi connectivity index (χ2n) is 6.72. The fourth-order valence-electron chi connectivity index (χ4n) is 3.38. The average molecular weight is 327 g/mol. The van der Waals surface area contributed by atoms with Crippen molar-refractivity contribution in [3.8, 4) is 5.69 Å². The lowest BCUT2D eigenvalue weighted by atomic mass is 9.77. The first kappa shape index (κ1) is 16.7. The third-order valence-electron chi connectivity index (χ3n) is 5.30. The molecule has 0 unspecified atom stereocenters. The molecular formula is C19H25N3O2. The van der Waals surface area contributed by atoms with Gasteiger partial charge in [-0.15, -0.1) is 0 Å². The lowest BCUT2D eigenvalue weighted by molar-refractivity contribution is 0.0334. The fraction of sp³-hybridized carbons (Fsp3) is 0.474. The van der Waals surface area contributed by atoms with Crippen molar-refractivity contribution in [2.24, 2.45) is 5.41 Å². The summed E-state index contributed by atoms with van der Waals surface area (Å²) in [4.78, 5) is 14.6. The molecule has 3 rings (SSSR count). The van der Waals surface area contributed by atoms with Crippen LogP contribution in [0, 0.1) is 12.3 Å². The minimum absolute atomic E-state index is 0.0178. The van der Waals surface area contributed by atoms with Gasteiger partial charge in [-0.2, -0.15) is 5.10 Å². The Labute approximate surface area is 142 Å². The first-order valence-corrected chi connectivity index (χ1v) is 8.61. The van der Waals surface area contributed by atoms with Crippen molar-refractivity contribution < 1.29 is 9.90 Å². The van der Waals surface area contributed by atoms with Gasteiger partial charge in [0.05, 0.1) is 5.69 Å². The second kappa shape index (κ2) is 6.77. The van der Waals surface area contributed by atoms with Gasteiger partial charge < -0.3 is 10.0 Å². The normalized spacial score (nSPS) is 17.0. The van der Waals surface area contributed by atoms with Crippen molar-refractivity contribution in [1.29, 1.82) is 0 Å². The number of nitrogens with zero attached hydrogens (tertiary/aromatic N) is 3. The zero-order valence-electron chi connectivity index (χ0n) is 14.4. The van der Waals surface area contributed by atoms with Gasteiger partial charge >= 0.3 is 0 Å². The number of benzene rings is 1. The first-order valence-electron chi connectivity index (χ1n) is 8.61. The highest BCUT2D eigenvalue weighted by molar-refractivity contribution is 5.92. The van der Waals surface area contributed by atoms with Gasteiger partial charge in [-0.1, -0.05) is 25.1 Å². The number of aromatic nitrogens is 2. The molecule has 2 aromatic rings. The van der Waals surface area contributed by atoms with Gasteiger partial charge in [0.25, 0.3) is 5.91 Å². The molecule has 2 heterocycles. The molecule has 5 nitrogen and oxygen atoms in total. The highest BCUT2D eigenvalue weighted by atomic mass is 16.3. The van der Waals surface area contributed by atoms with Gasteiger partial charge in [-0.05, 0) is 49.8 Å². The summed E-state index contributed by atoms with van der Waals surface area (Å²) in [5.41, 5.74) is 2.37. The van der Waals surface area contributed by atoms with Crippen molar-refractivity contribution in [1.82, 2.24) is 14.7 Å². The van der Waals surface area contributed by atoms with Gasteiger partial charge in [0.15, 0.2) is 5.69 Å². The van der Waals surface area contributed by atoms with Crippen LogP contribution >= 0.6 is 0 Å². The van der Waals surface area contributed by atoms with Crippen LogP contribution in [0.5, 0.6) is 0 Å². The summed E-state index contributed by atoms with van der Waals surface area (Å²) in [7, 11) is 0. The summed E-state index contributed by atoms with van der Waals surface area (Å²) in [6.45, 7) is 5.64. The summed E-state index contributed by atoms with van der Waals surface area (Å²) in [6, 6.07) is 11.7. The maximum absolute atomic E-state index is 12.8. The van der Waals surface area contributed by atoms with Crippen molar-refractivity contribution in [2.45, 2.75) is 33.1 Å². The molecule has 0 spiro atoms. The zero-order valence-corrected chi connectivity index (χ0v) is 14.4. The Morgan fingerprint density at radius 1 is 1.25 bits per heavy atom. The molecule has 1 N–H and O–H groups in total. The summed E-state index contributed by atoms with van der Waals surface area (Å²) in [6.07, 6.45) is 2.65. The van der Waals surface area contributed by atoms with E-state index < -0.39 is 0 Å². The maximum Gasteiger partial charge on any atom is 0.274 e. The fourth-order valence-corrected chi connectivity index (χ4v) is 3.38. The van der Waals surface area contributed by atoms with Crippen molar-refractivity contribution in [2.75, 3.05) is 19.7 Å². The summed E-state index contributed by atoms with van der Waals surface area (Å²) in [5.74, 6) is -0.0181. The number of hydrogen-bond donors (Lipinski definition) is 1. The number of rotatable bonds is 4. The molecule has 0 aliphatic carbocycles. The molecule has 1 amide bonds. The number of amides is 1. The standard InChI is InChI=1S/C19H25N3O2/c1-3-19(14-23)9-11-21(12-10-19)18(24)17-13-15(2)22(20-17)16-7-5-4-6-8-16/h4-8,13,23H,3,9-12,14H2,1-2H3. The zero-order chi connectivity index (χ0) is 17.2. The molecule has 0 atom stereocenters. The van der Waals surface area contributed by atoms with Gasteiger partial charge in [0.1, 0.15) is 0 Å². The largest absolute Gasteiger partial charge is 0.396 e. The number of aliphatic hydroxyl groups excluding tert-OH is 1. The monoisotopic (exact) mass is 327 g/mol. The van der Waals surface area contributed by atoms with E-state index in [1.54, 1.807) is 4.68 Å². The predicted molar refractivity (Wildman–Crippen MR) is 93.2 cm³/mol. The number of likely N-dealkylation sites (tertiary alicyclic amines) is 1. The maximum atomic E-state index is 12.8. The molecule has 1 aliphatic rings. The van der Waals surface area contributed by atoms with E-state index in [-0.39, 0.29) is 17.9 Å². The first-order chi connectivity index (χ1) is 11.6. The number of carbonyl (C=O) groups excluding carboxylic acids is 1. The quantitative estimate of drug-likeness (QED) is 0.939. The Balaban J connectivity index is 1.75. The Morgan fingerprint density at radius 3 is 2.50 bits per heavy atom. The number of piperidine rings is 1. The van der Waals surface area contributed by atoms with E-state index in [1.165, 1.54) is 0 Å². The van der Waals surface area contributed by atoms with Crippen LogP contribution in [0.3, 0.4) is 0 Å².